The van der Waals surface area contributed by atoms with Crippen LogP contribution in [0.4, 0.5) is 0 Å². The van der Waals surface area contributed by atoms with E-state index in [0.29, 0.717) is 29.0 Å². The first-order chi connectivity index (χ1) is 12.4. The molecule has 9 nitrogen and oxygen atoms in total. The summed E-state index contributed by atoms with van der Waals surface area (Å²) in [6, 6.07) is 4.25. The van der Waals surface area contributed by atoms with Crippen molar-refractivity contribution >= 4 is 27.0 Å². The fourth-order valence-corrected chi connectivity index (χ4v) is 4.58. The Bertz CT molecular complexity index is 957. The molecule has 2 fully saturated rings. The first-order valence-corrected chi connectivity index (χ1v) is 10.2. The quantitative estimate of drug-likeness (QED) is 0.552. The lowest BCUT2D eigenvalue weighted by Gasteiger charge is -2.47. The van der Waals surface area contributed by atoms with E-state index in [1.54, 1.807) is 18.2 Å². The van der Waals surface area contributed by atoms with Gasteiger partial charge in [0, 0.05) is 18.1 Å². The number of benzene rings is 1. The van der Waals surface area contributed by atoms with Gasteiger partial charge in [-0.15, -0.1) is 0 Å². The standard InChI is InChI=1S/C16H20N4O5S/c1-26(23,24)20-14-13(9-4-5-25-15(9)14)19-16(22)8-2-3-10-11(6-8)18-12(7-21)17-10/h2-3,6,9,13-15,20-21H,4-5,7H2,1H3,(H,17,18)(H,19,22)/t9-,13+,14-,15-/m1/s1. The molecule has 1 aromatic heterocycles. The molecule has 140 valence electrons. The number of aromatic nitrogens is 2. The molecule has 2 aliphatic rings. The molecule has 1 aliphatic heterocycles. The fourth-order valence-electron chi connectivity index (χ4n) is 3.80. The van der Waals surface area contributed by atoms with Gasteiger partial charge in [0.2, 0.25) is 10.0 Å². The van der Waals surface area contributed by atoms with Gasteiger partial charge in [0.15, 0.2) is 0 Å². The van der Waals surface area contributed by atoms with Crippen molar-refractivity contribution in [3.8, 4) is 0 Å². The van der Waals surface area contributed by atoms with Gasteiger partial charge in [-0.1, -0.05) is 0 Å². The van der Waals surface area contributed by atoms with Crippen molar-refractivity contribution in [3.63, 3.8) is 0 Å². The Balaban J connectivity index is 1.53. The minimum Gasteiger partial charge on any atom is -0.388 e. The largest absolute Gasteiger partial charge is 0.388 e. The van der Waals surface area contributed by atoms with Crippen LogP contribution in [-0.4, -0.2) is 60.4 Å². The van der Waals surface area contributed by atoms with Crippen LogP contribution in [0.5, 0.6) is 0 Å². The first-order valence-electron chi connectivity index (χ1n) is 8.35. The molecule has 26 heavy (non-hydrogen) atoms. The van der Waals surface area contributed by atoms with Crippen LogP contribution in [-0.2, 0) is 21.4 Å². The summed E-state index contributed by atoms with van der Waals surface area (Å²) in [6.45, 7) is 0.355. The van der Waals surface area contributed by atoms with Crippen LogP contribution in [0.25, 0.3) is 11.0 Å². The Morgan fingerprint density at radius 2 is 2.23 bits per heavy atom. The summed E-state index contributed by atoms with van der Waals surface area (Å²) >= 11 is 0. The number of imidazole rings is 1. The van der Waals surface area contributed by atoms with E-state index in [9.17, 15) is 13.2 Å². The highest BCUT2D eigenvalue weighted by Gasteiger charge is 2.55. The Kier molecular flexibility index (Phi) is 4.22. The second-order valence-corrected chi connectivity index (χ2v) is 8.56. The van der Waals surface area contributed by atoms with E-state index in [1.165, 1.54) is 0 Å². The van der Waals surface area contributed by atoms with Crippen LogP contribution in [0.1, 0.15) is 22.6 Å². The molecule has 10 heteroatoms. The molecule has 0 spiro atoms. The molecule has 2 aromatic rings. The van der Waals surface area contributed by atoms with Gasteiger partial charge in [0.05, 0.1) is 35.5 Å². The molecule has 4 atom stereocenters. The van der Waals surface area contributed by atoms with E-state index in [2.05, 4.69) is 20.0 Å². The van der Waals surface area contributed by atoms with Gasteiger partial charge in [-0.05, 0) is 24.6 Å². The minimum absolute atomic E-state index is 0.107. The molecule has 2 heterocycles. The monoisotopic (exact) mass is 380 g/mol. The number of amides is 1. The summed E-state index contributed by atoms with van der Waals surface area (Å²) in [7, 11) is -3.40. The lowest BCUT2D eigenvalue weighted by molar-refractivity contribution is -0.0194. The number of hydrogen-bond acceptors (Lipinski definition) is 6. The number of fused-ring (bicyclic) bond motifs is 2. The predicted molar refractivity (Wildman–Crippen MR) is 92.9 cm³/mol. The average Bonchev–Trinajstić information content (AvgIpc) is 3.20. The summed E-state index contributed by atoms with van der Waals surface area (Å²) in [5, 5.41) is 12.1. The van der Waals surface area contributed by atoms with Crippen molar-refractivity contribution in [3.05, 3.63) is 29.6 Å². The van der Waals surface area contributed by atoms with Crippen molar-refractivity contribution in [2.75, 3.05) is 12.9 Å². The summed E-state index contributed by atoms with van der Waals surface area (Å²) in [5.74, 6) is 0.248. The fraction of sp³-hybridized carbons (Fsp3) is 0.500. The summed E-state index contributed by atoms with van der Waals surface area (Å²) in [5.41, 5.74) is 1.75. The van der Waals surface area contributed by atoms with Gasteiger partial charge in [0.1, 0.15) is 12.4 Å². The number of H-pyrrole nitrogens is 1. The maximum Gasteiger partial charge on any atom is 0.251 e. The van der Waals surface area contributed by atoms with E-state index < -0.39 is 16.1 Å². The van der Waals surface area contributed by atoms with Crippen molar-refractivity contribution in [1.29, 1.82) is 0 Å². The summed E-state index contributed by atoms with van der Waals surface area (Å²) < 4.78 is 31.3. The number of rotatable bonds is 5. The number of aliphatic hydroxyl groups excluding tert-OH is 1. The third-order valence-electron chi connectivity index (χ3n) is 4.98. The highest BCUT2D eigenvalue weighted by atomic mass is 32.2. The highest BCUT2D eigenvalue weighted by molar-refractivity contribution is 7.88. The van der Waals surface area contributed by atoms with Crippen molar-refractivity contribution < 1.29 is 23.1 Å². The molecule has 4 rings (SSSR count). The van der Waals surface area contributed by atoms with Crippen LogP contribution >= 0.6 is 0 Å². The summed E-state index contributed by atoms with van der Waals surface area (Å²) in [4.78, 5) is 19.8. The molecule has 0 bridgehead atoms. The predicted octanol–water partition coefficient (Wildman–Crippen LogP) is -0.510. The molecule has 0 unspecified atom stereocenters. The Hall–Kier alpha value is -2.01. The van der Waals surface area contributed by atoms with E-state index in [4.69, 9.17) is 9.84 Å². The number of nitrogens with zero attached hydrogens (tertiary/aromatic N) is 1. The van der Waals surface area contributed by atoms with E-state index in [-0.39, 0.29) is 30.6 Å². The molecule has 1 aromatic carbocycles. The third kappa shape index (κ3) is 3.09. The SMILES string of the molecule is CS(=O)(=O)N[C@@H]1[C@@H](NC(=O)c2ccc3nc(CO)[nH]c3c2)[C@H]2CCO[C@H]21. The maximum atomic E-state index is 12.7. The minimum atomic E-state index is -3.40. The molecule has 4 N–H and O–H groups in total. The number of aromatic amines is 1. The topological polar surface area (TPSA) is 133 Å². The molecule has 1 aliphatic carbocycles. The number of carbonyl (C=O) groups is 1. The van der Waals surface area contributed by atoms with Gasteiger partial charge in [-0.25, -0.2) is 18.1 Å². The van der Waals surface area contributed by atoms with Gasteiger partial charge in [-0.2, -0.15) is 0 Å². The smallest absolute Gasteiger partial charge is 0.251 e. The van der Waals surface area contributed by atoms with E-state index in [0.717, 1.165) is 12.7 Å². The Morgan fingerprint density at radius 3 is 2.96 bits per heavy atom. The molecule has 1 amide bonds. The third-order valence-corrected chi connectivity index (χ3v) is 5.68. The number of sulfonamides is 1. The lowest BCUT2D eigenvalue weighted by Crippen LogP contribution is -2.70. The van der Waals surface area contributed by atoms with Crippen LogP contribution in [0.3, 0.4) is 0 Å². The number of aliphatic hydroxyl groups is 1. The van der Waals surface area contributed by atoms with Crippen LogP contribution in [0, 0.1) is 5.92 Å². The molecule has 0 radical (unpaired) electrons. The first kappa shape index (κ1) is 17.4. The van der Waals surface area contributed by atoms with Crippen molar-refractivity contribution in [2.45, 2.75) is 31.2 Å². The van der Waals surface area contributed by atoms with Gasteiger partial charge in [0.25, 0.3) is 5.91 Å². The van der Waals surface area contributed by atoms with Gasteiger partial charge in [-0.3, -0.25) is 4.79 Å². The molecule has 1 saturated heterocycles. The van der Waals surface area contributed by atoms with Gasteiger partial charge >= 0.3 is 0 Å². The normalized spacial score (nSPS) is 27.9. The van der Waals surface area contributed by atoms with Crippen LogP contribution < -0.4 is 10.0 Å². The van der Waals surface area contributed by atoms with Crippen molar-refractivity contribution in [2.24, 2.45) is 5.92 Å². The number of ether oxygens (including phenoxy) is 1. The number of carbonyl (C=O) groups excluding carboxylic acids is 1. The lowest BCUT2D eigenvalue weighted by atomic mass is 9.72. The maximum absolute atomic E-state index is 12.7. The molecular formula is C16H20N4O5S. The zero-order chi connectivity index (χ0) is 18.5. The molecule has 1 saturated carbocycles. The Morgan fingerprint density at radius 1 is 1.42 bits per heavy atom. The second-order valence-electron chi connectivity index (χ2n) is 6.78. The average molecular weight is 380 g/mol. The zero-order valence-electron chi connectivity index (χ0n) is 14.1. The van der Waals surface area contributed by atoms with Crippen molar-refractivity contribution in [1.82, 2.24) is 20.0 Å². The molecular weight excluding hydrogens is 360 g/mol. The second kappa shape index (κ2) is 6.31. The number of nitrogens with one attached hydrogen (secondary N) is 3. The van der Waals surface area contributed by atoms with Gasteiger partial charge < -0.3 is 20.1 Å². The van der Waals surface area contributed by atoms with E-state index in [1.807, 2.05) is 0 Å². The number of hydrogen-bond donors (Lipinski definition) is 4. The van der Waals surface area contributed by atoms with E-state index >= 15 is 0 Å². The Labute approximate surface area is 150 Å². The zero-order valence-corrected chi connectivity index (χ0v) is 14.9. The highest BCUT2D eigenvalue weighted by Crippen LogP contribution is 2.39. The van der Waals surface area contributed by atoms with Crippen LogP contribution in [0.15, 0.2) is 18.2 Å². The summed E-state index contributed by atoms with van der Waals surface area (Å²) in [6.07, 6.45) is 1.69. The van der Waals surface area contributed by atoms with Crippen LogP contribution in [0.2, 0.25) is 0 Å².